The quantitative estimate of drug-likeness (QED) is 0.315. The van der Waals surface area contributed by atoms with Crippen molar-refractivity contribution in [1.29, 1.82) is 0 Å². The fourth-order valence-electron chi connectivity index (χ4n) is 1.57. The Morgan fingerprint density at radius 1 is 1.25 bits per heavy atom. The smallest absolute Gasteiger partial charge is 0.191 e. The van der Waals surface area contributed by atoms with Crippen LogP contribution in [0.25, 0.3) is 0 Å². The Hall–Kier alpha value is -0.630. The zero-order valence-corrected chi connectivity index (χ0v) is 15.5. The van der Waals surface area contributed by atoms with Crippen molar-refractivity contribution < 1.29 is 4.74 Å². The van der Waals surface area contributed by atoms with Crippen LogP contribution in [-0.2, 0) is 6.54 Å². The lowest BCUT2D eigenvalue weighted by molar-refractivity contribution is 0.414. The molecule has 0 amide bonds. The number of ether oxygens (including phenoxy) is 1. The molecule has 0 unspecified atom stereocenters. The number of hydrogen-bond acceptors (Lipinski definition) is 3. The summed E-state index contributed by atoms with van der Waals surface area (Å²) in [5, 5.41) is 6.59. The minimum absolute atomic E-state index is 0. The molecule has 0 atom stereocenters. The first-order valence-corrected chi connectivity index (χ1v) is 7.76. The van der Waals surface area contributed by atoms with Crippen molar-refractivity contribution in [3.63, 3.8) is 0 Å². The molecule has 6 heteroatoms. The number of benzene rings is 1. The molecular formula is C14H24IN3OS. The molecule has 0 aliphatic carbocycles. The zero-order valence-electron chi connectivity index (χ0n) is 12.3. The summed E-state index contributed by atoms with van der Waals surface area (Å²) in [6, 6.07) is 8.02. The van der Waals surface area contributed by atoms with Gasteiger partial charge >= 0.3 is 0 Å². The first kappa shape index (κ1) is 19.4. The molecule has 0 aliphatic rings. The van der Waals surface area contributed by atoms with Gasteiger partial charge in [-0.25, -0.2) is 0 Å². The van der Waals surface area contributed by atoms with E-state index in [2.05, 4.69) is 21.9 Å². The largest absolute Gasteiger partial charge is 0.497 e. The van der Waals surface area contributed by atoms with Crippen LogP contribution in [0.3, 0.4) is 0 Å². The van der Waals surface area contributed by atoms with Crippen LogP contribution in [0.4, 0.5) is 0 Å². The van der Waals surface area contributed by atoms with E-state index < -0.39 is 0 Å². The van der Waals surface area contributed by atoms with Gasteiger partial charge in [0.05, 0.1) is 7.11 Å². The van der Waals surface area contributed by atoms with Gasteiger partial charge in [0.15, 0.2) is 5.96 Å². The Bertz CT molecular complexity index is 385. The number of hydrogen-bond donors (Lipinski definition) is 2. The van der Waals surface area contributed by atoms with Crippen molar-refractivity contribution in [1.82, 2.24) is 10.6 Å². The molecule has 1 aromatic carbocycles. The van der Waals surface area contributed by atoms with E-state index in [1.807, 2.05) is 36.0 Å². The van der Waals surface area contributed by atoms with E-state index in [4.69, 9.17) is 4.74 Å². The maximum absolute atomic E-state index is 5.13. The molecule has 114 valence electrons. The van der Waals surface area contributed by atoms with Crippen LogP contribution < -0.4 is 15.4 Å². The molecule has 0 heterocycles. The van der Waals surface area contributed by atoms with E-state index in [-0.39, 0.29) is 24.0 Å². The molecule has 0 saturated carbocycles. The number of thioether (sulfide) groups is 1. The second-order valence-corrected chi connectivity index (χ2v) is 5.03. The van der Waals surface area contributed by atoms with Crippen molar-refractivity contribution in [2.75, 3.05) is 32.7 Å². The van der Waals surface area contributed by atoms with Crippen LogP contribution in [-0.4, -0.2) is 38.7 Å². The van der Waals surface area contributed by atoms with E-state index >= 15 is 0 Å². The van der Waals surface area contributed by atoms with Gasteiger partial charge in [-0.3, -0.25) is 4.99 Å². The summed E-state index contributed by atoms with van der Waals surface area (Å²) in [7, 11) is 3.46. The zero-order chi connectivity index (χ0) is 13.9. The van der Waals surface area contributed by atoms with Crippen molar-refractivity contribution in [2.45, 2.75) is 13.0 Å². The van der Waals surface area contributed by atoms with Crippen LogP contribution in [0, 0.1) is 0 Å². The molecule has 0 radical (unpaired) electrons. The molecule has 0 aromatic heterocycles. The maximum atomic E-state index is 5.13. The molecular weight excluding hydrogens is 385 g/mol. The maximum Gasteiger partial charge on any atom is 0.191 e. The third-order valence-electron chi connectivity index (χ3n) is 2.66. The van der Waals surface area contributed by atoms with E-state index in [1.165, 1.54) is 11.3 Å². The highest BCUT2D eigenvalue weighted by molar-refractivity contribution is 14.0. The van der Waals surface area contributed by atoms with E-state index in [9.17, 15) is 0 Å². The topological polar surface area (TPSA) is 45.7 Å². The van der Waals surface area contributed by atoms with Crippen molar-refractivity contribution in [2.24, 2.45) is 4.99 Å². The number of nitrogens with one attached hydrogen (secondary N) is 2. The normalized spacial score (nSPS) is 10.7. The van der Waals surface area contributed by atoms with Crippen LogP contribution in [0.15, 0.2) is 29.3 Å². The molecule has 20 heavy (non-hydrogen) atoms. The highest BCUT2D eigenvalue weighted by atomic mass is 127. The third-order valence-corrected chi connectivity index (χ3v) is 3.36. The second-order valence-electron chi connectivity index (χ2n) is 4.05. The van der Waals surface area contributed by atoms with Crippen LogP contribution in [0.5, 0.6) is 5.75 Å². The lowest BCUT2D eigenvalue weighted by atomic mass is 10.2. The minimum Gasteiger partial charge on any atom is -0.497 e. The molecule has 0 saturated heterocycles. The van der Waals surface area contributed by atoms with Gasteiger partial charge in [0.2, 0.25) is 0 Å². The molecule has 2 N–H and O–H groups in total. The van der Waals surface area contributed by atoms with Gasteiger partial charge in [-0.15, -0.1) is 24.0 Å². The first-order chi connectivity index (χ1) is 9.30. The summed E-state index contributed by atoms with van der Waals surface area (Å²) >= 11 is 1.86. The molecule has 0 fully saturated rings. The van der Waals surface area contributed by atoms with Crippen molar-refractivity contribution in [3.8, 4) is 5.75 Å². The Balaban J connectivity index is 0.00000361. The second kappa shape index (κ2) is 12.1. The Labute approximate surface area is 143 Å². The standard InChI is InChI=1S/C14H23N3OS.HI/c1-15-14(16-9-4-10-19-3)17-11-12-5-7-13(18-2)8-6-12;/h5-8H,4,9-11H2,1-3H3,(H2,15,16,17);1H. The van der Waals surface area contributed by atoms with Crippen molar-refractivity contribution in [3.05, 3.63) is 29.8 Å². The highest BCUT2D eigenvalue weighted by Gasteiger charge is 1.98. The molecule has 0 spiro atoms. The number of aliphatic imine (C=N–C) groups is 1. The SMILES string of the molecule is CN=C(NCCCSC)NCc1ccc(OC)cc1.I. The number of halogens is 1. The average molecular weight is 409 g/mol. The summed E-state index contributed by atoms with van der Waals surface area (Å²) in [5.74, 6) is 2.89. The monoisotopic (exact) mass is 409 g/mol. The van der Waals surface area contributed by atoms with Gasteiger partial charge in [0.1, 0.15) is 5.75 Å². The van der Waals surface area contributed by atoms with E-state index in [0.29, 0.717) is 0 Å². The molecule has 4 nitrogen and oxygen atoms in total. The summed E-state index contributed by atoms with van der Waals surface area (Å²) in [6.07, 6.45) is 3.27. The fraction of sp³-hybridized carbons (Fsp3) is 0.500. The van der Waals surface area contributed by atoms with Crippen molar-refractivity contribution >= 4 is 41.7 Å². The predicted molar refractivity (Wildman–Crippen MR) is 99.6 cm³/mol. The number of guanidine groups is 1. The van der Waals surface area contributed by atoms with Gasteiger partial charge in [0.25, 0.3) is 0 Å². The van der Waals surface area contributed by atoms with Crippen LogP contribution in [0.2, 0.25) is 0 Å². The van der Waals surface area contributed by atoms with Gasteiger partial charge in [-0.05, 0) is 36.1 Å². The lowest BCUT2D eigenvalue weighted by Gasteiger charge is -2.11. The van der Waals surface area contributed by atoms with Crippen LogP contribution >= 0.6 is 35.7 Å². The number of nitrogens with zero attached hydrogens (tertiary/aromatic N) is 1. The van der Waals surface area contributed by atoms with E-state index in [0.717, 1.165) is 31.2 Å². The predicted octanol–water partition coefficient (Wildman–Crippen LogP) is 2.73. The Kier molecular flexibility index (Phi) is 11.8. The van der Waals surface area contributed by atoms with Gasteiger partial charge in [0, 0.05) is 20.1 Å². The fourth-order valence-corrected chi connectivity index (χ4v) is 2.01. The van der Waals surface area contributed by atoms with Gasteiger partial charge in [-0.2, -0.15) is 11.8 Å². The van der Waals surface area contributed by atoms with Gasteiger partial charge < -0.3 is 15.4 Å². The van der Waals surface area contributed by atoms with Gasteiger partial charge in [-0.1, -0.05) is 12.1 Å². The number of rotatable bonds is 7. The number of methoxy groups -OCH3 is 1. The molecule has 0 bridgehead atoms. The summed E-state index contributed by atoms with van der Waals surface area (Å²) in [4.78, 5) is 4.20. The third kappa shape index (κ3) is 7.84. The minimum atomic E-state index is 0. The molecule has 0 aliphatic heterocycles. The Morgan fingerprint density at radius 3 is 2.50 bits per heavy atom. The lowest BCUT2D eigenvalue weighted by Crippen LogP contribution is -2.37. The summed E-state index contributed by atoms with van der Waals surface area (Å²) in [6.45, 7) is 1.70. The summed E-state index contributed by atoms with van der Waals surface area (Å²) < 4.78 is 5.13. The average Bonchev–Trinajstić information content (AvgIpc) is 2.47. The first-order valence-electron chi connectivity index (χ1n) is 6.36. The molecule has 1 rings (SSSR count). The summed E-state index contributed by atoms with van der Waals surface area (Å²) in [5.41, 5.74) is 1.20. The van der Waals surface area contributed by atoms with E-state index in [1.54, 1.807) is 14.2 Å². The molecule has 1 aromatic rings. The van der Waals surface area contributed by atoms with Crippen LogP contribution in [0.1, 0.15) is 12.0 Å². The highest BCUT2D eigenvalue weighted by Crippen LogP contribution is 2.10. The Morgan fingerprint density at radius 2 is 1.95 bits per heavy atom.